The molecule has 0 spiro atoms. The summed E-state index contributed by atoms with van der Waals surface area (Å²) >= 11 is 12.6. The van der Waals surface area contributed by atoms with Crippen LogP contribution in [0.2, 0.25) is 10.0 Å². The number of hydrogen-bond donors (Lipinski definition) is 0. The molecule has 0 radical (unpaired) electrons. The van der Waals surface area contributed by atoms with Crippen molar-refractivity contribution in [1.82, 2.24) is 9.47 Å². The van der Waals surface area contributed by atoms with Gasteiger partial charge < -0.3 is 18.6 Å². The highest BCUT2D eigenvalue weighted by atomic mass is 35.5. The van der Waals surface area contributed by atoms with Gasteiger partial charge in [0.1, 0.15) is 5.76 Å². The lowest BCUT2D eigenvalue weighted by atomic mass is 10.0. The predicted molar refractivity (Wildman–Crippen MR) is 127 cm³/mol. The average molecular weight is 485 g/mol. The summed E-state index contributed by atoms with van der Waals surface area (Å²) in [5, 5.41) is 1.11. The maximum atomic E-state index is 13.4. The van der Waals surface area contributed by atoms with E-state index in [0.717, 1.165) is 22.6 Å². The molecule has 0 saturated heterocycles. The maximum absolute atomic E-state index is 13.4. The Hall–Kier alpha value is -3.22. The molecule has 1 aliphatic rings. The summed E-state index contributed by atoms with van der Waals surface area (Å²) in [6, 6.07) is 10.7. The molecule has 0 saturated carbocycles. The zero-order valence-electron chi connectivity index (χ0n) is 18.6. The van der Waals surface area contributed by atoms with Crippen LogP contribution in [0.3, 0.4) is 0 Å². The molecule has 1 amide bonds. The van der Waals surface area contributed by atoms with Crippen LogP contribution < -0.4 is 0 Å². The first-order valence-corrected chi connectivity index (χ1v) is 11.0. The lowest BCUT2D eigenvalue weighted by Gasteiger charge is -2.16. The summed E-state index contributed by atoms with van der Waals surface area (Å²) in [6.07, 6.45) is 3.26. The second-order valence-corrected chi connectivity index (χ2v) is 8.58. The Bertz CT molecular complexity index is 1320. The van der Waals surface area contributed by atoms with Crippen molar-refractivity contribution in [3.8, 4) is 5.69 Å². The van der Waals surface area contributed by atoms with Gasteiger partial charge in [-0.05, 0) is 68.8 Å². The number of benzene rings is 1. The van der Waals surface area contributed by atoms with E-state index >= 15 is 0 Å². The van der Waals surface area contributed by atoms with Crippen molar-refractivity contribution in [2.45, 2.75) is 27.3 Å². The number of furan rings is 1. The van der Waals surface area contributed by atoms with Gasteiger partial charge in [0.25, 0.3) is 5.91 Å². The second kappa shape index (κ2) is 8.96. The van der Waals surface area contributed by atoms with Crippen molar-refractivity contribution in [3.05, 3.63) is 92.3 Å². The van der Waals surface area contributed by atoms with Crippen LogP contribution >= 0.6 is 23.2 Å². The van der Waals surface area contributed by atoms with Crippen LogP contribution in [0.15, 0.2) is 63.9 Å². The van der Waals surface area contributed by atoms with E-state index in [-0.39, 0.29) is 23.6 Å². The fourth-order valence-corrected chi connectivity index (χ4v) is 4.46. The first kappa shape index (κ1) is 23.0. The van der Waals surface area contributed by atoms with Crippen LogP contribution in [0.25, 0.3) is 11.8 Å². The average Bonchev–Trinajstić information content (AvgIpc) is 3.45. The number of methoxy groups -OCH3 is 1. The molecule has 0 aliphatic carbocycles. The normalized spacial score (nSPS) is 15.2. The highest BCUT2D eigenvalue weighted by Crippen LogP contribution is 2.35. The van der Waals surface area contributed by atoms with Gasteiger partial charge in [-0.1, -0.05) is 23.2 Å². The number of esters is 1. The number of amides is 1. The van der Waals surface area contributed by atoms with Gasteiger partial charge in [-0.3, -0.25) is 4.79 Å². The van der Waals surface area contributed by atoms with Gasteiger partial charge in [0, 0.05) is 22.1 Å². The third-order valence-corrected chi connectivity index (χ3v) is 6.27. The number of nitrogens with zero attached hydrogens (tertiary/aromatic N) is 2. The van der Waals surface area contributed by atoms with Gasteiger partial charge in [-0.25, -0.2) is 4.79 Å². The smallest absolute Gasteiger partial charge is 0.340 e. The Kier molecular flexibility index (Phi) is 6.23. The van der Waals surface area contributed by atoms with Crippen molar-refractivity contribution >= 4 is 41.2 Å². The van der Waals surface area contributed by atoms with Gasteiger partial charge in [-0.2, -0.15) is 0 Å². The van der Waals surface area contributed by atoms with E-state index in [4.69, 9.17) is 32.4 Å². The Morgan fingerprint density at radius 2 is 1.91 bits per heavy atom. The van der Waals surface area contributed by atoms with E-state index in [1.165, 1.54) is 12.0 Å². The minimum Gasteiger partial charge on any atom is -0.467 e. The van der Waals surface area contributed by atoms with E-state index in [2.05, 4.69) is 0 Å². The van der Waals surface area contributed by atoms with E-state index in [1.807, 2.05) is 24.5 Å². The molecule has 6 nitrogen and oxygen atoms in total. The standard InChI is InChI=1S/C25H22Cl2N2O4/c1-14-10-17(15(2)29(14)22-12-18(26)7-8-21(22)27)11-20-23(25(31)32-4)16(3)28(24(20)30)13-19-6-5-9-33-19/h5-12H,13H2,1-4H3/b20-11-. The maximum Gasteiger partial charge on any atom is 0.340 e. The highest BCUT2D eigenvalue weighted by Gasteiger charge is 2.37. The molecular weight excluding hydrogens is 463 g/mol. The topological polar surface area (TPSA) is 64.7 Å². The number of ether oxygens (including phenoxy) is 1. The van der Waals surface area contributed by atoms with Crippen molar-refractivity contribution in [2.24, 2.45) is 0 Å². The third kappa shape index (κ3) is 4.12. The van der Waals surface area contributed by atoms with Crippen molar-refractivity contribution in [2.75, 3.05) is 7.11 Å². The van der Waals surface area contributed by atoms with E-state index < -0.39 is 5.97 Å². The molecule has 0 unspecified atom stereocenters. The summed E-state index contributed by atoms with van der Waals surface area (Å²) < 4.78 is 12.3. The number of hydrogen-bond acceptors (Lipinski definition) is 4. The van der Waals surface area contributed by atoms with Crippen LogP contribution in [0.1, 0.15) is 29.6 Å². The van der Waals surface area contributed by atoms with Crippen LogP contribution in [0.4, 0.5) is 0 Å². The molecule has 3 aromatic rings. The molecule has 1 aliphatic heterocycles. The molecule has 170 valence electrons. The summed E-state index contributed by atoms with van der Waals surface area (Å²) in [4.78, 5) is 27.5. The predicted octanol–water partition coefficient (Wildman–Crippen LogP) is 5.87. The van der Waals surface area contributed by atoms with E-state index in [1.54, 1.807) is 49.6 Å². The summed E-state index contributed by atoms with van der Waals surface area (Å²) in [5.74, 6) is -0.252. The van der Waals surface area contributed by atoms with Crippen molar-refractivity contribution in [1.29, 1.82) is 0 Å². The third-order valence-electron chi connectivity index (χ3n) is 5.71. The molecule has 3 heterocycles. The number of aryl methyl sites for hydroxylation is 1. The van der Waals surface area contributed by atoms with Crippen LogP contribution in [-0.4, -0.2) is 28.5 Å². The summed E-state index contributed by atoms with van der Waals surface area (Å²) in [6.45, 7) is 5.80. The number of carbonyl (C=O) groups is 2. The second-order valence-electron chi connectivity index (χ2n) is 7.74. The molecule has 0 fully saturated rings. The Morgan fingerprint density at radius 3 is 2.58 bits per heavy atom. The number of halogens is 2. The fourth-order valence-electron chi connectivity index (χ4n) is 4.09. The molecule has 4 rings (SSSR count). The van der Waals surface area contributed by atoms with E-state index in [0.29, 0.717) is 21.5 Å². The van der Waals surface area contributed by atoms with Crippen LogP contribution in [0.5, 0.6) is 0 Å². The van der Waals surface area contributed by atoms with Crippen LogP contribution in [-0.2, 0) is 20.9 Å². The first-order chi connectivity index (χ1) is 15.7. The van der Waals surface area contributed by atoms with Gasteiger partial charge in [-0.15, -0.1) is 0 Å². The summed E-state index contributed by atoms with van der Waals surface area (Å²) in [5.41, 5.74) is 4.29. The highest BCUT2D eigenvalue weighted by molar-refractivity contribution is 6.34. The van der Waals surface area contributed by atoms with Gasteiger partial charge in [0.15, 0.2) is 0 Å². The van der Waals surface area contributed by atoms with E-state index in [9.17, 15) is 9.59 Å². The molecule has 0 N–H and O–H groups in total. The largest absolute Gasteiger partial charge is 0.467 e. The van der Waals surface area contributed by atoms with Gasteiger partial charge in [0.05, 0.1) is 41.8 Å². The molecule has 1 aromatic carbocycles. The van der Waals surface area contributed by atoms with Gasteiger partial charge >= 0.3 is 5.97 Å². The zero-order valence-corrected chi connectivity index (χ0v) is 20.1. The first-order valence-electron chi connectivity index (χ1n) is 10.2. The molecule has 8 heteroatoms. The zero-order chi connectivity index (χ0) is 23.9. The molecule has 33 heavy (non-hydrogen) atoms. The number of allylic oxidation sites excluding steroid dienone is 1. The SMILES string of the molecule is COC(=O)C1=C(C)N(Cc2ccco2)C(=O)/C1=C\c1cc(C)n(-c2cc(Cl)ccc2Cl)c1C. The van der Waals surface area contributed by atoms with Crippen LogP contribution in [0, 0.1) is 13.8 Å². The summed E-state index contributed by atoms with van der Waals surface area (Å²) in [7, 11) is 1.30. The molecular formula is C25H22Cl2N2O4. The number of aromatic nitrogens is 1. The Labute approximate surface area is 201 Å². The fraction of sp³-hybridized carbons (Fsp3) is 0.200. The number of rotatable bonds is 5. The molecule has 0 bridgehead atoms. The van der Waals surface area contributed by atoms with Gasteiger partial charge in [0.2, 0.25) is 0 Å². The number of carbonyl (C=O) groups excluding carboxylic acids is 2. The van der Waals surface area contributed by atoms with Crippen molar-refractivity contribution in [3.63, 3.8) is 0 Å². The Morgan fingerprint density at radius 1 is 1.15 bits per heavy atom. The Balaban J connectivity index is 1.81. The monoisotopic (exact) mass is 484 g/mol. The lowest BCUT2D eigenvalue weighted by Crippen LogP contribution is -2.24. The molecule has 0 atom stereocenters. The minimum absolute atomic E-state index is 0.215. The minimum atomic E-state index is -0.569. The molecule has 2 aromatic heterocycles. The van der Waals surface area contributed by atoms with Crippen molar-refractivity contribution < 1.29 is 18.7 Å². The quantitative estimate of drug-likeness (QED) is 0.335. The lowest BCUT2D eigenvalue weighted by molar-refractivity contribution is -0.136.